The second kappa shape index (κ2) is 5.96. The van der Waals surface area contributed by atoms with E-state index in [-0.39, 0.29) is 5.91 Å². The molecule has 0 aliphatic heterocycles. The van der Waals surface area contributed by atoms with Crippen LogP contribution in [0.1, 0.15) is 29.3 Å². The number of carbonyl (C=O) groups is 1. The number of nitrogens with zero attached hydrogens (tertiary/aromatic N) is 1. The zero-order valence-electron chi connectivity index (χ0n) is 12.3. The lowest BCUT2D eigenvalue weighted by Crippen LogP contribution is -2.02. The highest BCUT2D eigenvalue weighted by Gasteiger charge is 2.05. The average Bonchev–Trinajstić information content (AvgIpc) is 2.91. The Morgan fingerprint density at radius 2 is 1.71 bits per heavy atom. The van der Waals surface area contributed by atoms with Crippen molar-refractivity contribution in [2.24, 2.45) is 0 Å². The van der Waals surface area contributed by atoms with E-state index in [2.05, 4.69) is 48.5 Å². The fourth-order valence-corrected chi connectivity index (χ4v) is 2.76. The monoisotopic (exact) mass is 277 g/mol. The van der Waals surface area contributed by atoms with Gasteiger partial charge in [-0.05, 0) is 48.6 Å². The van der Waals surface area contributed by atoms with Gasteiger partial charge in [0.1, 0.15) is 0 Å². The van der Waals surface area contributed by atoms with Crippen LogP contribution in [-0.4, -0.2) is 10.5 Å². The molecule has 0 aliphatic carbocycles. The van der Waals surface area contributed by atoms with E-state index >= 15 is 0 Å². The van der Waals surface area contributed by atoms with Crippen molar-refractivity contribution in [2.75, 3.05) is 0 Å². The second-order valence-electron chi connectivity index (χ2n) is 5.44. The molecule has 0 spiro atoms. The molecule has 0 atom stereocenters. The summed E-state index contributed by atoms with van der Waals surface area (Å²) in [5.41, 5.74) is 3.72. The Kier molecular flexibility index (Phi) is 3.87. The van der Waals surface area contributed by atoms with Crippen molar-refractivity contribution < 1.29 is 4.79 Å². The molecule has 3 aromatic rings. The minimum absolute atomic E-state index is 0.0572. The molecule has 0 radical (unpaired) electrons. The summed E-state index contributed by atoms with van der Waals surface area (Å²) in [6, 6.07) is 19.0. The molecule has 1 heterocycles. The first-order valence-electron chi connectivity index (χ1n) is 7.39. The summed E-state index contributed by atoms with van der Waals surface area (Å²) in [7, 11) is 0. The number of rotatable bonds is 4. The van der Waals surface area contributed by atoms with Gasteiger partial charge >= 0.3 is 0 Å². The Morgan fingerprint density at radius 3 is 2.48 bits per heavy atom. The molecule has 0 saturated heterocycles. The fourth-order valence-electron chi connectivity index (χ4n) is 2.76. The molecule has 2 heteroatoms. The summed E-state index contributed by atoms with van der Waals surface area (Å²) in [5.74, 6) is 0.0572. The smallest absolute Gasteiger partial charge is 0.227 e. The number of carbonyl (C=O) groups excluding carboxylic acids is 1. The maximum Gasteiger partial charge on any atom is 0.227 e. The maximum atomic E-state index is 11.5. The van der Waals surface area contributed by atoms with E-state index in [4.69, 9.17) is 0 Å². The largest absolute Gasteiger partial charge is 0.287 e. The van der Waals surface area contributed by atoms with Crippen molar-refractivity contribution in [2.45, 2.75) is 26.2 Å². The first kappa shape index (κ1) is 13.6. The van der Waals surface area contributed by atoms with Crippen LogP contribution in [-0.2, 0) is 12.8 Å². The summed E-state index contributed by atoms with van der Waals surface area (Å²) < 4.78 is 1.70. The molecule has 2 aromatic carbocycles. The lowest BCUT2D eigenvalue weighted by molar-refractivity contribution is 0.0941. The third-order valence-corrected chi connectivity index (χ3v) is 3.87. The molecular formula is C19H19NO. The minimum Gasteiger partial charge on any atom is -0.287 e. The van der Waals surface area contributed by atoms with Gasteiger partial charge < -0.3 is 0 Å². The Bertz CT molecular complexity index is 756. The van der Waals surface area contributed by atoms with E-state index in [1.54, 1.807) is 11.5 Å². The third kappa shape index (κ3) is 3.05. The number of hydrogen-bond acceptors (Lipinski definition) is 1. The molecule has 0 N–H and O–H groups in total. The molecule has 1 aromatic heterocycles. The molecule has 0 amide bonds. The maximum absolute atomic E-state index is 11.5. The van der Waals surface area contributed by atoms with Crippen LogP contribution in [0.4, 0.5) is 0 Å². The normalized spacial score (nSPS) is 10.9. The summed E-state index contributed by atoms with van der Waals surface area (Å²) in [6.45, 7) is 1.59. The molecule has 2 nitrogen and oxygen atoms in total. The van der Waals surface area contributed by atoms with E-state index in [0.29, 0.717) is 0 Å². The van der Waals surface area contributed by atoms with Gasteiger partial charge in [0.25, 0.3) is 0 Å². The van der Waals surface area contributed by atoms with E-state index in [1.807, 2.05) is 12.3 Å². The van der Waals surface area contributed by atoms with E-state index in [1.165, 1.54) is 11.1 Å². The van der Waals surface area contributed by atoms with Crippen molar-refractivity contribution in [3.05, 3.63) is 71.9 Å². The van der Waals surface area contributed by atoms with Crippen LogP contribution in [0, 0.1) is 0 Å². The predicted octanol–water partition coefficient (Wildman–Crippen LogP) is 4.48. The highest BCUT2D eigenvalue weighted by atomic mass is 16.1. The number of benzene rings is 2. The van der Waals surface area contributed by atoms with E-state index in [0.717, 1.165) is 30.2 Å². The second-order valence-corrected chi connectivity index (χ2v) is 5.44. The Hall–Kier alpha value is -2.35. The van der Waals surface area contributed by atoms with Crippen LogP contribution >= 0.6 is 0 Å². The highest BCUT2D eigenvalue weighted by molar-refractivity contribution is 5.91. The Balaban J connectivity index is 1.69. The molecular weight excluding hydrogens is 258 g/mol. The van der Waals surface area contributed by atoms with Crippen LogP contribution in [0.3, 0.4) is 0 Å². The van der Waals surface area contributed by atoms with Gasteiger partial charge in [-0.25, -0.2) is 0 Å². The van der Waals surface area contributed by atoms with Crippen LogP contribution in [0.2, 0.25) is 0 Å². The van der Waals surface area contributed by atoms with Gasteiger partial charge in [-0.1, -0.05) is 36.4 Å². The first-order chi connectivity index (χ1) is 10.2. The highest BCUT2D eigenvalue weighted by Crippen LogP contribution is 2.19. The van der Waals surface area contributed by atoms with Crippen LogP contribution in [0.5, 0.6) is 0 Å². The fraction of sp³-hybridized carbons (Fsp3) is 0.211. The summed E-state index contributed by atoms with van der Waals surface area (Å²) >= 11 is 0. The van der Waals surface area contributed by atoms with Crippen molar-refractivity contribution in [1.82, 2.24) is 4.57 Å². The minimum atomic E-state index is 0.0572. The van der Waals surface area contributed by atoms with Gasteiger partial charge in [0.2, 0.25) is 5.91 Å². The molecule has 0 bridgehead atoms. The Morgan fingerprint density at radius 1 is 0.952 bits per heavy atom. The van der Waals surface area contributed by atoms with Crippen molar-refractivity contribution in [3.8, 4) is 0 Å². The number of fused-ring (bicyclic) bond motifs is 1. The van der Waals surface area contributed by atoms with E-state index < -0.39 is 0 Å². The summed E-state index contributed by atoms with van der Waals surface area (Å²) in [4.78, 5) is 11.5. The van der Waals surface area contributed by atoms with Crippen molar-refractivity contribution in [1.29, 1.82) is 0 Å². The summed E-state index contributed by atoms with van der Waals surface area (Å²) in [6.07, 6.45) is 5.16. The van der Waals surface area contributed by atoms with Crippen LogP contribution in [0.25, 0.3) is 10.9 Å². The number of aromatic nitrogens is 1. The standard InChI is InChI=1S/C19H19NO/c1-15(21)20-13-12-18-14-17(10-11-19(18)20)9-5-8-16-6-3-2-4-7-16/h2-4,6-7,10-14H,5,8-9H2,1H3. The van der Waals surface area contributed by atoms with Gasteiger partial charge in [0.15, 0.2) is 0 Å². The van der Waals surface area contributed by atoms with Crippen molar-refractivity contribution in [3.63, 3.8) is 0 Å². The third-order valence-electron chi connectivity index (χ3n) is 3.87. The number of aryl methyl sites for hydroxylation is 2. The molecule has 3 rings (SSSR count). The molecule has 0 aliphatic rings. The number of hydrogen-bond donors (Lipinski definition) is 0. The lowest BCUT2D eigenvalue weighted by atomic mass is 10.0. The van der Waals surface area contributed by atoms with Gasteiger partial charge in [-0.2, -0.15) is 0 Å². The molecule has 0 saturated carbocycles. The van der Waals surface area contributed by atoms with Gasteiger partial charge in [-0.15, -0.1) is 0 Å². The molecule has 0 fully saturated rings. The van der Waals surface area contributed by atoms with Gasteiger partial charge in [-0.3, -0.25) is 9.36 Å². The van der Waals surface area contributed by atoms with Gasteiger partial charge in [0, 0.05) is 18.5 Å². The first-order valence-corrected chi connectivity index (χ1v) is 7.39. The summed E-state index contributed by atoms with van der Waals surface area (Å²) in [5, 5.41) is 1.14. The van der Waals surface area contributed by atoms with Crippen molar-refractivity contribution >= 4 is 16.8 Å². The lowest BCUT2D eigenvalue weighted by Gasteiger charge is -2.04. The average molecular weight is 277 g/mol. The van der Waals surface area contributed by atoms with Crippen LogP contribution in [0.15, 0.2) is 60.8 Å². The quantitative estimate of drug-likeness (QED) is 0.689. The molecule has 21 heavy (non-hydrogen) atoms. The predicted molar refractivity (Wildman–Crippen MR) is 86.7 cm³/mol. The van der Waals surface area contributed by atoms with E-state index in [9.17, 15) is 4.79 Å². The van der Waals surface area contributed by atoms with Crippen LogP contribution < -0.4 is 0 Å². The van der Waals surface area contributed by atoms with Gasteiger partial charge in [0.05, 0.1) is 5.52 Å². The Labute approximate surface area is 125 Å². The SMILES string of the molecule is CC(=O)n1ccc2cc(CCCc3ccccc3)ccc21. The zero-order valence-corrected chi connectivity index (χ0v) is 12.3. The molecule has 0 unspecified atom stereocenters. The zero-order chi connectivity index (χ0) is 14.7. The molecule has 106 valence electrons. The topological polar surface area (TPSA) is 22.0 Å².